The Morgan fingerprint density at radius 2 is 1.89 bits per heavy atom. The molecule has 0 spiro atoms. The Labute approximate surface area is 115 Å². The predicted octanol–water partition coefficient (Wildman–Crippen LogP) is 1.98. The number of hydrogen-bond donors (Lipinski definition) is 0. The topological polar surface area (TPSA) is 54.5 Å². The second-order valence-electron chi connectivity index (χ2n) is 4.37. The first-order valence-corrected chi connectivity index (χ1v) is 8.46. The average molecular weight is 332 g/mol. The summed E-state index contributed by atoms with van der Waals surface area (Å²) in [5.41, 5.74) is 0.747. The van der Waals surface area contributed by atoms with E-state index in [0.29, 0.717) is 6.54 Å². The summed E-state index contributed by atoms with van der Waals surface area (Å²) in [5, 5.41) is 0. The monoisotopic (exact) mass is 331 g/mol. The summed E-state index contributed by atoms with van der Waals surface area (Å²) >= 11 is 3.35. The lowest BCUT2D eigenvalue weighted by molar-refractivity contribution is -0.118. The fourth-order valence-electron chi connectivity index (χ4n) is 1.96. The summed E-state index contributed by atoms with van der Waals surface area (Å²) in [6, 6.07) is 6.43. The van der Waals surface area contributed by atoms with Crippen molar-refractivity contribution < 1.29 is 13.2 Å². The molecule has 0 N–H and O–H groups in total. The molecule has 4 nitrogen and oxygen atoms in total. The largest absolute Gasteiger partial charge is 0.311 e. The second kappa shape index (κ2) is 5.01. The first kappa shape index (κ1) is 13.5. The molecule has 0 saturated carbocycles. The van der Waals surface area contributed by atoms with Crippen LogP contribution in [0.4, 0.5) is 5.69 Å². The van der Waals surface area contributed by atoms with Gasteiger partial charge in [0.05, 0.1) is 9.72 Å². The van der Waals surface area contributed by atoms with Crippen LogP contribution in [-0.2, 0) is 14.6 Å². The van der Waals surface area contributed by atoms with Gasteiger partial charge in [0.25, 0.3) is 0 Å². The summed E-state index contributed by atoms with van der Waals surface area (Å²) in [5.74, 6) is 0.0355. The average Bonchev–Trinajstić information content (AvgIpc) is 2.32. The summed E-state index contributed by atoms with van der Waals surface area (Å²) in [4.78, 5) is 13.8. The van der Waals surface area contributed by atoms with E-state index >= 15 is 0 Å². The molecule has 0 aliphatic carbocycles. The summed E-state index contributed by atoms with van der Waals surface area (Å²) < 4.78 is 22.7. The fourth-order valence-corrected chi connectivity index (χ4v) is 3.16. The van der Waals surface area contributed by atoms with Gasteiger partial charge in [0, 0.05) is 18.5 Å². The Kier molecular flexibility index (Phi) is 3.77. The molecule has 98 valence electrons. The van der Waals surface area contributed by atoms with Crippen molar-refractivity contribution in [2.24, 2.45) is 0 Å². The van der Waals surface area contributed by atoms with Crippen LogP contribution in [-0.4, -0.2) is 32.0 Å². The maximum Gasteiger partial charge on any atom is 0.240 e. The number of rotatable bonds is 2. The van der Waals surface area contributed by atoms with E-state index in [-0.39, 0.29) is 15.6 Å². The lowest BCUT2D eigenvalue weighted by atomic mass is 10.1. The van der Waals surface area contributed by atoms with Crippen LogP contribution in [0, 0.1) is 0 Å². The van der Waals surface area contributed by atoms with Crippen molar-refractivity contribution in [2.45, 2.75) is 22.6 Å². The number of sulfone groups is 1. The van der Waals surface area contributed by atoms with Crippen LogP contribution >= 0.6 is 15.9 Å². The van der Waals surface area contributed by atoms with Gasteiger partial charge >= 0.3 is 0 Å². The molecule has 1 aromatic rings. The highest BCUT2D eigenvalue weighted by Gasteiger charge is 2.27. The van der Waals surface area contributed by atoms with Gasteiger partial charge in [0.2, 0.25) is 5.91 Å². The maximum absolute atomic E-state index is 12.0. The molecule has 1 aliphatic heterocycles. The molecular formula is C12H14BrNO3S. The molecule has 1 heterocycles. The minimum absolute atomic E-state index is 0.0355. The molecule has 18 heavy (non-hydrogen) atoms. The van der Waals surface area contributed by atoms with E-state index < -0.39 is 9.84 Å². The Bertz CT molecular complexity index is 553. The molecule has 1 aromatic carbocycles. The number of amides is 1. The summed E-state index contributed by atoms with van der Waals surface area (Å²) in [6.07, 6.45) is 2.95. The standard InChI is InChI=1S/C12H14BrNO3S/c1-18(16,17)10-6-4-9(5-7-10)14-8-2-3-11(13)12(14)15/h4-7,11H,2-3,8H2,1H3. The molecule has 1 fully saturated rings. The van der Waals surface area contributed by atoms with Crippen LogP contribution in [0.3, 0.4) is 0 Å². The lowest BCUT2D eigenvalue weighted by Crippen LogP contribution is -2.41. The fraction of sp³-hybridized carbons (Fsp3) is 0.417. The van der Waals surface area contributed by atoms with Crippen molar-refractivity contribution in [2.75, 3.05) is 17.7 Å². The Morgan fingerprint density at radius 1 is 1.28 bits per heavy atom. The zero-order chi connectivity index (χ0) is 13.3. The molecular weight excluding hydrogens is 318 g/mol. The normalized spacial score (nSPS) is 21.1. The number of carbonyl (C=O) groups excluding carboxylic acids is 1. The highest BCUT2D eigenvalue weighted by molar-refractivity contribution is 9.10. The number of halogens is 1. The number of carbonyl (C=O) groups is 1. The number of hydrogen-bond acceptors (Lipinski definition) is 3. The van der Waals surface area contributed by atoms with E-state index in [0.717, 1.165) is 18.5 Å². The van der Waals surface area contributed by atoms with Crippen molar-refractivity contribution in [1.82, 2.24) is 0 Å². The minimum Gasteiger partial charge on any atom is -0.311 e. The molecule has 1 atom stereocenters. The second-order valence-corrected chi connectivity index (χ2v) is 7.49. The number of alkyl halides is 1. The lowest BCUT2D eigenvalue weighted by Gasteiger charge is -2.29. The van der Waals surface area contributed by atoms with E-state index in [2.05, 4.69) is 15.9 Å². The van der Waals surface area contributed by atoms with E-state index in [1.165, 1.54) is 18.4 Å². The summed E-state index contributed by atoms with van der Waals surface area (Å²) in [6.45, 7) is 0.680. The number of benzene rings is 1. The van der Waals surface area contributed by atoms with Crippen molar-refractivity contribution in [3.05, 3.63) is 24.3 Å². The van der Waals surface area contributed by atoms with Crippen LogP contribution in [0.15, 0.2) is 29.2 Å². The van der Waals surface area contributed by atoms with Crippen LogP contribution in [0.25, 0.3) is 0 Å². The maximum atomic E-state index is 12.0. The van der Waals surface area contributed by atoms with Crippen LogP contribution in [0.1, 0.15) is 12.8 Å². The first-order chi connectivity index (χ1) is 8.39. The molecule has 0 bridgehead atoms. The van der Waals surface area contributed by atoms with Crippen molar-refractivity contribution in [3.8, 4) is 0 Å². The van der Waals surface area contributed by atoms with E-state index in [1.54, 1.807) is 17.0 Å². The SMILES string of the molecule is CS(=O)(=O)c1ccc(N2CCCC(Br)C2=O)cc1. The van der Waals surface area contributed by atoms with Crippen LogP contribution < -0.4 is 4.90 Å². The van der Waals surface area contributed by atoms with Gasteiger partial charge in [-0.15, -0.1) is 0 Å². The van der Waals surface area contributed by atoms with Gasteiger partial charge in [0.1, 0.15) is 0 Å². The highest BCUT2D eigenvalue weighted by Crippen LogP contribution is 2.25. The third-order valence-electron chi connectivity index (χ3n) is 2.95. The van der Waals surface area contributed by atoms with Gasteiger partial charge in [-0.05, 0) is 37.1 Å². The van der Waals surface area contributed by atoms with Gasteiger partial charge in [-0.25, -0.2) is 8.42 Å². The Balaban J connectivity index is 2.27. The molecule has 1 amide bonds. The van der Waals surface area contributed by atoms with Crippen molar-refractivity contribution >= 4 is 37.4 Å². The van der Waals surface area contributed by atoms with Gasteiger partial charge in [-0.3, -0.25) is 4.79 Å². The molecule has 0 radical (unpaired) electrons. The molecule has 1 aliphatic rings. The Morgan fingerprint density at radius 3 is 2.44 bits per heavy atom. The van der Waals surface area contributed by atoms with Gasteiger partial charge < -0.3 is 4.90 Å². The predicted molar refractivity (Wildman–Crippen MR) is 73.9 cm³/mol. The van der Waals surface area contributed by atoms with Gasteiger partial charge in [-0.1, -0.05) is 15.9 Å². The summed E-state index contributed by atoms with van der Waals surface area (Å²) in [7, 11) is -3.19. The zero-order valence-electron chi connectivity index (χ0n) is 9.97. The minimum atomic E-state index is -3.19. The smallest absolute Gasteiger partial charge is 0.240 e. The molecule has 1 saturated heterocycles. The quantitative estimate of drug-likeness (QED) is 0.778. The molecule has 1 unspecified atom stereocenters. The molecule has 6 heteroatoms. The van der Waals surface area contributed by atoms with Crippen molar-refractivity contribution in [3.63, 3.8) is 0 Å². The van der Waals surface area contributed by atoms with Crippen LogP contribution in [0.2, 0.25) is 0 Å². The van der Waals surface area contributed by atoms with Gasteiger partial charge in [-0.2, -0.15) is 0 Å². The van der Waals surface area contributed by atoms with E-state index in [4.69, 9.17) is 0 Å². The van der Waals surface area contributed by atoms with Crippen LogP contribution in [0.5, 0.6) is 0 Å². The van der Waals surface area contributed by atoms with Gasteiger partial charge in [0.15, 0.2) is 9.84 Å². The van der Waals surface area contributed by atoms with E-state index in [9.17, 15) is 13.2 Å². The highest BCUT2D eigenvalue weighted by atomic mass is 79.9. The third kappa shape index (κ3) is 2.75. The van der Waals surface area contributed by atoms with Crippen molar-refractivity contribution in [1.29, 1.82) is 0 Å². The number of piperidine rings is 1. The number of nitrogens with zero attached hydrogens (tertiary/aromatic N) is 1. The third-order valence-corrected chi connectivity index (χ3v) is 4.93. The molecule has 2 rings (SSSR count). The molecule has 0 aromatic heterocycles. The Hall–Kier alpha value is -0.880. The zero-order valence-corrected chi connectivity index (χ0v) is 12.4. The van der Waals surface area contributed by atoms with E-state index in [1.807, 2.05) is 0 Å². The first-order valence-electron chi connectivity index (χ1n) is 5.65. The number of anilines is 1.